The summed E-state index contributed by atoms with van der Waals surface area (Å²) in [6, 6.07) is 0. The van der Waals surface area contributed by atoms with Crippen molar-refractivity contribution in [3.8, 4) is 0 Å². The van der Waals surface area contributed by atoms with Crippen molar-refractivity contribution in [1.29, 1.82) is 0 Å². The molecule has 0 aliphatic carbocycles. The molecular formula is C6H10ClN5O3. The Bertz CT molecular complexity index is 326. The van der Waals surface area contributed by atoms with E-state index in [2.05, 4.69) is 20.7 Å². The molecule has 5 N–H and O–H groups in total. The van der Waals surface area contributed by atoms with E-state index in [4.69, 9.17) is 32.4 Å². The van der Waals surface area contributed by atoms with E-state index < -0.39 is 12.7 Å². The molecule has 0 aliphatic heterocycles. The summed E-state index contributed by atoms with van der Waals surface area (Å²) >= 11 is 5.48. The fraction of sp³-hybridized carbons (Fsp3) is 0.500. The van der Waals surface area contributed by atoms with E-state index in [9.17, 15) is 0 Å². The Kier molecular flexibility index (Phi) is 4.43. The summed E-state index contributed by atoms with van der Waals surface area (Å²) in [6.07, 6.45) is -0.977. The smallest absolute Gasteiger partial charge is 0.268 e. The van der Waals surface area contributed by atoms with Crippen molar-refractivity contribution >= 4 is 23.4 Å². The monoisotopic (exact) mass is 235 g/mol. The number of halogens is 1. The van der Waals surface area contributed by atoms with Crippen molar-refractivity contribution in [2.24, 2.45) is 0 Å². The Morgan fingerprint density at radius 1 is 1.53 bits per heavy atom. The van der Waals surface area contributed by atoms with Crippen LogP contribution in [0.4, 0.5) is 11.8 Å². The zero-order valence-electron chi connectivity index (χ0n) is 7.59. The minimum absolute atomic E-state index is 0.00376. The molecule has 1 aromatic heterocycles. The number of hydrogen-bond donors (Lipinski definition) is 4. The summed E-state index contributed by atoms with van der Waals surface area (Å²) in [4.78, 5) is 8.43. The predicted octanol–water partition coefficient (Wildman–Crippen LogP) is -1.20. The average Bonchev–Trinajstić information content (AvgIpc) is 2.23. The van der Waals surface area contributed by atoms with Gasteiger partial charge in [0.25, 0.3) is 5.95 Å². The van der Waals surface area contributed by atoms with E-state index in [0.29, 0.717) is 0 Å². The first-order chi connectivity index (χ1) is 7.13. The molecule has 1 rings (SSSR count). The number of rotatable bonds is 5. The van der Waals surface area contributed by atoms with Crippen LogP contribution in [0.5, 0.6) is 0 Å². The number of hydrogen-bond acceptors (Lipinski definition) is 8. The van der Waals surface area contributed by atoms with Crippen LogP contribution >= 0.6 is 11.6 Å². The average molecular weight is 236 g/mol. The zero-order valence-corrected chi connectivity index (χ0v) is 8.35. The third-order valence-corrected chi connectivity index (χ3v) is 1.59. The third-order valence-electron chi connectivity index (χ3n) is 1.32. The summed E-state index contributed by atoms with van der Waals surface area (Å²) in [6.45, 7) is -0.522. The van der Waals surface area contributed by atoms with Gasteiger partial charge in [0, 0.05) is 0 Å². The second-order valence-electron chi connectivity index (χ2n) is 2.56. The van der Waals surface area contributed by atoms with Gasteiger partial charge in [-0.1, -0.05) is 11.6 Å². The van der Waals surface area contributed by atoms with Gasteiger partial charge in [-0.2, -0.15) is 4.98 Å². The second-order valence-corrected chi connectivity index (χ2v) is 2.92. The molecule has 84 valence electrons. The van der Waals surface area contributed by atoms with Crippen molar-refractivity contribution in [1.82, 2.24) is 15.2 Å². The Morgan fingerprint density at radius 2 is 2.27 bits per heavy atom. The molecule has 0 saturated carbocycles. The maximum Gasteiger partial charge on any atom is 0.268 e. The first-order valence-electron chi connectivity index (χ1n) is 3.96. The quantitative estimate of drug-likeness (QED) is 0.469. The lowest BCUT2D eigenvalue weighted by Crippen LogP contribution is -2.22. The molecule has 0 amide bonds. The largest absolute Gasteiger partial charge is 0.394 e. The van der Waals surface area contributed by atoms with Gasteiger partial charge in [0.2, 0.25) is 0 Å². The molecule has 0 bridgehead atoms. The molecule has 0 radical (unpaired) electrons. The summed E-state index contributed by atoms with van der Waals surface area (Å²) in [7, 11) is 0. The number of aromatic nitrogens is 3. The first kappa shape index (κ1) is 11.9. The molecule has 1 heterocycles. The van der Waals surface area contributed by atoms with E-state index in [0.717, 1.165) is 0 Å². The molecule has 0 saturated heterocycles. The number of nitrogen functional groups attached to an aromatic ring is 1. The molecule has 15 heavy (non-hydrogen) atoms. The van der Waals surface area contributed by atoms with Crippen molar-refractivity contribution < 1.29 is 15.1 Å². The van der Waals surface area contributed by atoms with Crippen LogP contribution in [0.1, 0.15) is 0 Å². The number of aliphatic hydroxyl groups excluding tert-OH is 2. The van der Waals surface area contributed by atoms with Gasteiger partial charge in [-0.05, 0) is 0 Å². The van der Waals surface area contributed by atoms with Crippen LogP contribution in [0.15, 0.2) is 0 Å². The Morgan fingerprint density at radius 3 is 2.87 bits per heavy atom. The van der Waals surface area contributed by atoms with E-state index in [1.807, 2.05) is 0 Å². The van der Waals surface area contributed by atoms with Crippen molar-refractivity contribution in [2.75, 3.05) is 24.4 Å². The lowest BCUT2D eigenvalue weighted by molar-refractivity contribution is 0.0239. The lowest BCUT2D eigenvalue weighted by Gasteiger charge is -2.08. The fourth-order valence-corrected chi connectivity index (χ4v) is 0.703. The molecule has 0 aliphatic rings. The van der Waals surface area contributed by atoms with Crippen molar-refractivity contribution in [3.63, 3.8) is 0 Å². The Balaban J connectivity index is 2.41. The molecule has 0 aromatic carbocycles. The summed E-state index contributed by atoms with van der Waals surface area (Å²) in [5, 5.41) is 24.4. The Labute approximate surface area is 90.0 Å². The van der Waals surface area contributed by atoms with Crippen LogP contribution in [0.3, 0.4) is 0 Å². The number of nitrogens with zero attached hydrogens (tertiary/aromatic N) is 3. The van der Waals surface area contributed by atoms with Gasteiger partial charge < -0.3 is 15.9 Å². The van der Waals surface area contributed by atoms with Gasteiger partial charge in [0.05, 0.1) is 6.61 Å². The highest BCUT2D eigenvalue weighted by Crippen LogP contribution is 2.11. The second kappa shape index (κ2) is 5.61. The SMILES string of the molecule is Nc1nc(NOCC(O)CO)nnc1Cl. The first-order valence-corrected chi connectivity index (χ1v) is 4.33. The third kappa shape index (κ3) is 3.80. The van der Waals surface area contributed by atoms with Crippen molar-refractivity contribution in [2.45, 2.75) is 6.10 Å². The number of aliphatic hydroxyl groups is 2. The molecule has 1 atom stereocenters. The van der Waals surface area contributed by atoms with E-state index in [1.165, 1.54) is 0 Å². The highest BCUT2D eigenvalue weighted by Gasteiger charge is 2.05. The molecule has 1 unspecified atom stereocenters. The van der Waals surface area contributed by atoms with Crippen LogP contribution in [-0.2, 0) is 4.84 Å². The fourth-order valence-electron chi connectivity index (χ4n) is 0.623. The number of anilines is 2. The van der Waals surface area contributed by atoms with Crippen LogP contribution < -0.4 is 11.2 Å². The molecule has 9 heteroatoms. The van der Waals surface area contributed by atoms with Crippen molar-refractivity contribution in [3.05, 3.63) is 5.15 Å². The standard InChI is InChI=1S/C6H10ClN5O3/c7-4-5(8)9-6(11-10-4)12-15-2-3(14)1-13/h3,13-14H,1-2H2,(H3,8,9,11,12). The van der Waals surface area contributed by atoms with Gasteiger partial charge >= 0.3 is 0 Å². The summed E-state index contributed by atoms with van der Waals surface area (Å²) in [5.41, 5.74) is 7.63. The molecule has 1 aromatic rings. The van der Waals surface area contributed by atoms with E-state index in [1.54, 1.807) is 0 Å². The zero-order chi connectivity index (χ0) is 11.3. The minimum Gasteiger partial charge on any atom is -0.394 e. The van der Waals surface area contributed by atoms with Crippen LogP contribution in [0.25, 0.3) is 0 Å². The molecule has 0 fully saturated rings. The number of nitrogens with two attached hydrogens (primary N) is 1. The summed E-state index contributed by atoms with van der Waals surface area (Å²) in [5.74, 6) is 0.0301. The molecule has 0 spiro atoms. The van der Waals surface area contributed by atoms with Crippen LogP contribution in [0.2, 0.25) is 5.15 Å². The number of nitrogens with one attached hydrogen (secondary N) is 1. The molecule has 8 nitrogen and oxygen atoms in total. The van der Waals surface area contributed by atoms with E-state index >= 15 is 0 Å². The van der Waals surface area contributed by atoms with Gasteiger partial charge in [-0.25, -0.2) is 5.48 Å². The van der Waals surface area contributed by atoms with Gasteiger partial charge in [-0.15, -0.1) is 10.2 Å². The van der Waals surface area contributed by atoms with Gasteiger partial charge in [0.1, 0.15) is 12.7 Å². The maximum atomic E-state index is 8.92. The minimum atomic E-state index is -0.977. The Hall–Kier alpha value is -1.22. The normalized spacial score (nSPS) is 12.5. The summed E-state index contributed by atoms with van der Waals surface area (Å²) < 4.78 is 0. The highest BCUT2D eigenvalue weighted by atomic mass is 35.5. The van der Waals surface area contributed by atoms with Crippen LogP contribution in [-0.4, -0.2) is 44.7 Å². The van der Waals surface area contributed by atoms with Gasteiger partial charge in [-0.3, -0.25) is 4.84 Å². The highest BCUT2D eigenvalue weighted by molar-refractivity contribution is 6.31. The van der Waals surface area contributed by atoms with Crippen LogP contribution in [0, 0.1) is 0 Å². The topological polar surface area (TPSA) is 126 Å². The van der Waals surface area contributed by atoms with Gasteiger partial charge in [0.15, 0.2) is 11.0 Å². The maximum absolute atomic E-state index is 8.92. The van der Waals surface area contributed by atoms with E-state index in [-0.39, 0.29) is 23.5 Å². The lowest BCUT2D eigenvalue weighted by atomic mass is 10.4. The molecular weight excluding hydrogens is 226 g/mol. The predicted molar refractivity (Wildman–Crippen MR) is 51.9 cm³/mol.